The normalized spacial score (nSPS) is 9.11. The van der Waals surface area contributed by atoms with Gasteiger partial charge in [-0.2, -0.15) is 12.0 Å². The number of aromatic amines is 1. The van der Waals surface area contributed by atoms with Crippen LogP contribution in [0.2, 0.25) is 0 Å². The SMILES string of the molecule is CC[CH-]c1c[nH]c2cccc(OC)c12.CNC.[K+]. The maximum absolute atomic E-state index is 5.33. The molecule has 0 aliphatic rings. The van der Waals surface area contributed by atoms with Gasteiger partial charge in [-0.25, -0.2) is 0 Å². The van der Waals surface area contributed by atoms with E-state index < -0.39 is 0 Å². The van der Waals surface area contributed by atoms with Gasteiger partial charge in [-0.1, -0.05) is 30.9 Å². The Morgan fingerprint density at radius 2 is 2.00 bits per heavy atom. The van der Waals surface area contributed by atoms with E-state index in [0.717, 1.165) is 17.7 Å². The molecule has 18 heavy (non-hydrogen) atoms. The van der Waals surface area contributed by atoms with Gasteiger partial charge in [-0.15, -0.1) is 6.20 Å². The summed E-state index contributed by atoms with van der Waals surface area (Å²) < 4.78 is 5.33. The van der Waals surface area contributed by atoms with E-state index in [1.165, 1.54) is 10.9 Å². The van der Waals surface area contributed by atoms with Crippen LogP contribution in [0.1, 0.15) is 18.9 Å². The second kappa shape index (κ2) is 9.89. The Morgan fingerprint density at radius 1 is 1.33 bits per heavy atom. The second-order valence-electron chi connectivity index (χ2n) is 3.74. The van der Waals surface area contributed by atoms with Crippen molar-refractivity contribution < 1.29 is 56.1 Å². The first-order chi connectivity index (χ1) is 8.28. The largest absolute Gasteiger partial charge is 1.00 e. The Hall–Kier alpha value is 0.0264. The maximum atomic E-state index is 5.33. The Balaban J connectivity index is 0.000000660. The zero-order valence-corrected chi connectivity index (χ0v) is 15.1. The van der Waals surface area contributed by atoms with Crippen molar-refractivity contribution >= 4 is 10.9 Å². The number of hydrogen-bond donors (Lipinski definition) is 2. The molecule has 0 spiro atoms. The van der Waals surface area contributed by atoms with E-state index in [0.29, 0.717) is 0 Å². The number of methoxy groups -OCH3 is 1. The summed E-state index contributed by atoms with van der Waals surface area (Å²) in [5.74, 6) is 0.934. The molecule has 0 fully saturated rings. The molecule has 0 saturated heterocycles. The molecule has 2 rings (SSSR count). The molecule has 3 nitrogen and oxygen atoms in total. The molecule has 0 atom stereocenters. The Morgan fingerprint density at radius 3 is 2.56 bits per heavy atom. The van der Waals surface area contributed by atoms with E-state index in [1.54, 1.807) is 7.11 Å². The zero-order valence-electron chi connectivity index (χ0n) is 12.0. The second-order valence-corrected chi connectivity index (χ2v) is 3.74. The van der Waals surface area contributed by atoms with E-state index in [1.807, 2.05) is 32.4 Å². The number of H-pyrrole nitrogens is 1. The smallest absolute Gasteiger partial charge is 0.509 e. The third-order valence-corrected chi connectivity index (χ3v) is 2.34. The van der Waals surface area contributed by atoms with Crippen molar-refractivity contribution in [2.24, 2.45) is 0 Å². The minimum absolute atomic E-state index is 0. The summed E-state index contributed by atoms with van der Waals surface area (Å²) in [5, 5.41) is 3.93. The molecular weight excluding hydrogens is 251 g/mol. The molecule has 2 N–H and O–H groups in total. The van der Waals surface area contributed by atoms with Crippen molar-refractivity contribution in [3.8, 4) is 5.75 Å². The fraction of sp³-hybridized carbons (Fsp3) is 0.357. The maximum Gasteiger partial charge on any atom is 1.00 e. The van der Waals surface area contributed by atoms with Crippen molar-refractivity contribution in [1.29, 1.82) is 0 Å². The van der Waals surface area contributed by atoms with Crippen LogP contribution in [0.3, 0.4) is 0 Å². The van der Waals surface area contributed by atoms with Gasteiger partial charge >= 0.3 is 51.4 Å². The van der Waals surface area contributed by atoms with Crippen LogP contribution in [0.5, 0.6) is 5.75 Å². The van der Waals surface area contributed by atoms with Crippen molar-refractivity contribution in [3.05, 3.63) is 36.4 Å². The predicted molar refractivity (Wildman–Crippen MR) is 73.5 cm³/mol. The Labute approximate surface area is 152 Å². The number of nitrogens with one attached hydrogen (secondary N) is 2. The molecule has 0 bridgehead atoms. The van der Waals surface area contributed by atoms with E-state index in [-0.39, 0.29) is 51.4 Å². The fourth-order valence-electron chi connectivity index (χ4n) is 1.73. The fourth-order valence-corrected chi connectivity index (χ4v) is 1.73. The third-order valence-electron chi connectivity index (χ3n) is 2.34. The van der Waals surface area contributed by atoms with Crippen LogP contribution < -0.4 is 61.4 Å². The van der Waals surface area contributed by atoms with Crippen LogP contribution in [0.4, 0.5) is 0 Å². The topological polar surface area (TPSA) is 37.0 Å². The average Bonchev–Trinajstić information content (AvgIpc) is 2.74. The minimum atomic E-state index is 0. The molecule has 0 saturated carbocycles. The molecule has 0 amide bonds. The Kier molecular flexibility index (Phi) is 9.91. The van der Waals surface area contributed by atoms with Crippen molar-refractivity contribution in [1.82, 2.24) is 10.3 Å². The van der Waals surface area contributed by atoms with Crippen LogP contribution in [0.15, 0.2) is 24.4 Å². The molecule has 0 radical (unpaired) electrons. The van der Waals surface area contributed by atoms with Crippen LogP contribution in [-0.2, 0) is 0 Å². The molecule has 0 unspecified atom stereocenters. The third kappa shape index (κ3) is 4.61. The quantitative estimate of drug-likeness (QED) is 0.609. The van der Waals surface area contributed by atoms with E-state index in [2.05, 4.69) is 29.7 Å². The summed E-state index contributed by atoms with van der Waals surface area (Å²) in [6.07, 6.45) is 5.25. The molecule has 4 heteroatoms. The van der Waals surface area contributed by atoms with Gasteiger partial charge in [0.05, 0.1) is 12.9 Å². The van der Waals surface area contributed by atoms with Crippen LogP contribution in [0.25, 0.3) is 10.9 Å². The molecule has 0 aliphatic heterocycles. The molecule has 1 heterocycles. The summed E-state index contributed by atoms with van der Waals surface area (Å²) in [5.41, 5.74) is 2.35. The summed E-state index contributed by atoms with van der Waals surface area (Å²) >= 11 is 0. The number of rotatable bonds is 3. The standard InChI is InChI=1S/C12H14NO.C2H7N.K/c1-3-5-9-8-13-10-6-4-7-11(14-2)12(9)10;1-3-2;/h4-8,13H,3H2,1-2H3;3H,1-2H3;/q-1;;+1. The molecule has 0 aliphatic carbocycles. The monoisotopic (exact) mass is 272 g/mol. The van der Waals surface area contributed by atoms with Gasteiger partial charge in [0.2, 0.25) is 0 Å². The van der Waals surface area contributed by atoms with E-state index in [4.69, 9.17) is 4.74 Å². The van der Waals surface area contributed by atoms with Crippen molar-refractivity contribution in [3.63, 3.8) is 0 Å². The molecule has 1 aromatic carbocycles. The van der Waals surface area contributed by atoms with Crippen LogP contribution in [0, 0.1) is 6.42 Å². The number of hydrogen-bond acceptors (Lipinski definition) is 2. The van der Waals surface area contributed by atoms with Gasteiger partial charge < -0.3 is 15.0 Å². The van der Waals surface area contributed by atoms with Gasteiger partial charge in [-0.05, 0) is 25.7 Å². The van der Waals surface area contributed by atoms with Crippen LogP contribution in [-0.4, -0.2) is 26.2 Å². The first-order valence-corrected chi connectivity index (χ1v) is 5.84. The zero-order chi connectivity index (χ0) is 12.7. The van der Waals surface area contributed by atoms with Gasteiger partial charge in [0, 0.05) is 0 Å². The first kappa shape index (κ1) is 18.0. The summed E-state index contributed by atoms with van der Waals surface area (Å²) in [6, 6.07) is 6.04. The number of fused-ring (bicyclic) bond motifs is 1. The van der Waals surface area contributed by atoms with Gasteiger partial charge in [0.15, 0.2) is 0 Å². The van der Waals surface area contributed by atoms with Gasteiger partial charge in [0.1, 0.15) is 0 Å². The average molecular weight is 272 g/mol. The summed E-state index contributed by atoms with van der Waals surface area (Å²) in [4.78, 5) is 3.24. The Bertz CT molecular complexity index is 454. The first-order valence-electron chi connectivity index (χ1n) is 5.84. The predicted octanol–water partition coefficient (Wildman–Crippen LogP) is -0.0215. The summed E-state index contributed by atoms with van der Waals surface area (Å²) in [7, 11) is 5.46. The molecule has 2 aromatic rings. The number of aromatic nitrogens is 1. The van der Waals surface area contributed by atoms with E-state index in [9.17, 15) is 0 Å². The molecule has 94 valence electrons. The molecular formula is C14H21KN2O. The number of ether oxygens (including phenoxy) is 1. The van der Waals surface area contributed by atoms with Gasteiger partial charge in [-0.3, -0.25) is 0 Å². The van der Waals surface area contributed by atoms with Crippen LogP contribution >= 0.6 is 0 Å². The minimum Gasteiger partial charge on any atom is -0.509 e. The van der Waals surface area contributed by atoms with E-state index >= 15 is 0 Å². The molecule has 1 aromatic heterocycles. The summed E-state index contributed by atoms with van der Waals surface area (Å²) in [6.45, 7) is 2.13. The number of benzene rings is 1. The van der Waals surface area contributed by atoms with Gasteiger partial charge in [0.25, 0.3) is 0 Å². The van der Waals surface area contributed by atoms with Crippen molar-refractivity contribution in [2.75, 3.05) is 21.2 Å². The van der Waals surface area contributed by atoms with Crippen molar-refractivity contribution in [2.45, 2.75) is 13.3 Å².